The van der Waals surface area contributed by atoms with Crippen LogP contribution in [0.1, 0.15) is 0 Å². The van der Waals surface area contributed by atoms with Crippen LogP contribution in [0.15, 0.2) is 265 Å². The van der Waals surface area contributed by atoms with Crippen LogP contribution < -0.4 is 4.90 Å². The van der Waals surface area contributed by atoms with Crippen molar-refractivity contribution in [1.82, 2.24) is 9.13 Å². The van der Waals surface area contributed by atoms with Crippen molar-refractivity contribution < 1.29 is 4.42 Å². The highest BCUT2D eigenvalue weighted by atomic mass is 16.3. The monoisotopic (exact) mass is 893 g/mol. The van der Waals surface area contributed by atoms with Gasteiger partial charge in [-0.2, -0.15) is 0 Å². The van der Waals surface area contributed by atoms with Crippen LogP contribution in [0.3, 0.4) is 0 Å². The van der Waals surface area contributed by atoms with Gasteiger partial charge in [-0.15, -0.1) is 0 Å². The minimum atomic E-state index is 0.901. The molecule has 3 aromatic heterocycles. The highest BCUT2D eigenvalue weighted by molar-refractivity contribution is 6.12. The molecule has 0 aliphatic rings. The first kappa shape index (κ1) is 39.8. The number of rotatable bonds is 8. The zero-order valence-electron chi connectivity index (χ0n) is 38.1. The molecular weight excluding hydrogens is 851 g/mol. The lowest BCUT2D eigenvalue weighted by Crippen LogP contribution is -2.10. The average Bonchev–Trinajstić information content (AvgIpc) is 4.10. The maximum Gasteiger partial charge on any atom is 0.143 e. The molecule has 14 aromatic rings. The summed E-state index contributed by atoms with van der Waals surface area (Å²) in [5.74, 6) is 0. The van der Waals surface area contributed by atoms with Gasteiger partial charge >= 0.3 is 0 Å². The Morgan fingerprint density at radius 1 is 0.271 bits per heavy atom. The molecule has 0 amide bonds. The fraction of sp³-hybridized carbons (Fsp3) is 0. The van der Waals surface area contributed by atoms with Gasteiger partial charge in [-0.1, -0.05) is 164 Å². The minimum Gasteiger partial charge on any atom is -0.455 e. The third kappa shape index (κ3) is 6.46. The summed E-state index contributed by atoms with van der Waals surface area (Å²) in [4.78, 5) is 2.35. The Bertz CT molecular complexity index is 4200. The normalized spacial score (nSPS) is 11.7. The third-order valence-corrected chi connectivity index (χ3v) is 14.2. The molecule has 0 aliphatic carbocycles. The molecule has 0 radical (unpaired) electrons. The van der Waals surface area contributed by atoms with E-state index in [-0.39, 0.29) is 0 Å². The summed E-state index contributed by atoms with van der Waals surface area (Å²) in [5, 5.41) is 7.27. The van der Waals surface area contributed by atoms with E-state index in [1.54, 1.807) is 0 Å². The lowest BCUT2D eigenvalue weighted by molar-refractivity contribution is 0.670. The first-order valence-corrected chi connectivity index (χ1v) is 23.9. The maximum atomic E-state index is 6.46. The van der Waals surface area contributed by atoms with Gasteiger partial charge in [0.05, 0.1) is 22.1 Å². The van der Waals surface area contributed by atoms with E-state index in [9.17, 15) is 0 Å². The molecule has 11 aromatic carbocycles. The number of aromatic nitrogens is 2. The number of nitrogens with zero attached hydrogens (tertiary/aromatic N) is 3. The van der Waals surface area contributed by atoms with Crippen molar-refractivity contribution in [3.05, 3.63) is 261 Å². The molecule has 14 rings (SSSR count). The minimum absolute atomic E-state index is 0.901. The van der Waals surface area contributed by atoms with E-state index in [1.165, 1.54) is 66.0 Å². The van der Waals surface area contributed by atoms with Gasteiger partial charge in [-0.25, -0.2) is 0 Å². The van der Waals surface area contributed by atoms with Gasteiger partial charge in [0.15, 0.2) is 0 Å². The van der Waals surface area contributed by atoms with E-state index < -0.39 is 0 Å². The summed E-state index contributed by atoms with van der Waals surface area (Å²) in [5.41, 5.74) is 19.0. The first-order valence-electron chi connectivity index (χ1n) is 23.9. The van der Waals surface area contributed by atoms with Gasteiger partial charge in [0.1, 0.15) is 11.2 Å². The fourth-order valence-corrected chi connectivity index (χ4v) is 10.8. The third-order valence-electron chi connectivity index (χ3n) is 14.2. The van der Waals surface area contributed by atoms with Crippen LogP contribution in [0.5, 0.6) is 0 Å². The van der Waals surface area contributed by atoms with E-state index in [4.69, 9.17) is 4.42 Å². The molecule has 0 unspecified atom stereocenters. The maximum absolute atomic E-state index is 6.46. The van der Waals surface area contributed by atoms with E-state index in [0.717, 1.165) is 61.4 Å². The predicted octanol–water partition coefficient (Wildman–Crippen LogP) is 18.3. The smallest absolute Gasteiger partial charge is 0.143 e. The van der Waals surface area contributed by atoms with Gasteiger partial charge < -0.3 is 18.5 Å². The number of hydrogen-bond donors (Lipinski definition) is 0. The Balaban J connectivity index is 0.814. The molecule has 0 saturated heterocycles. The van der Waals surface area contributed by atoms with Crippen molar-refractivity contribution in [3.8, 4) is 44.8 Å². The van der Waals surface area contributed by atoms with Gasteiger partial charge in [0.2, 0.25) is 0 Å². The van der Waals surface area contributed by atoms with Crippen molar-refractivity contribution in [1.29, 1.82) is 0 Å². The number of para-hydroxylation sites is 6. The van der Waals surface area contributed by atoms with Crippen LogP contribution >= 0.6 is 0 Å². The van der Waals surface area contributed by atoms with Gasteiger partial charge in [-0.05, 0) is 125 Å². The summed E-state index contributed by atoms with van der Waals surface area (Å²) in [7, 11) is 0. The molecule has 0 bridgehead atoms. The zero-order chi connectivity index (χ0) is 46.1. The molecule has 0 fully saturated rings. The Hall–Kier alpha value is -9.38. The molecular formula is C66H43N3O. The SMILES string of the molecule is c1ccc(-n2c3ccccc3c3cc(-c4ccc(-c5ccc(N(c6ccc(-c7cccc8c7oc7ccccc78)cc6)c6ccc(-n7c8ccccc8c8ccccc87)cc6)cc5)cc4)ccc32)cc1. The lowest BCUT2D eigenvalue weighted by Gasteiger charge is -2.26. The molecule has 3 heterocycles. The van der Waals surface area contributed by atoms with E-state index in [1.807, 2.05) is 12.1 Å². The van der Waals surface area contributed by atoms with Crippen LogP contribution in [-0.4, -0.2) is 9.13 Å². The number of fused-ring (bicyclic) bond motifs is 9. The van der Waals surface area contributed by atoms with Crippen LogP contribution in [0.4, 0.5) is 17.1 Å². The Morgan fingerprint density at radius 3 is 1.29 bits per heavy atom. The summed E-state index contributed by atoms with van der Waals surface area (Å²) in [6, 6.07) is 94.0. The predicted molar refractivity (Wildman–Crippen MR) is 293 cm³/mol. The topological polar surface area (TPSA) is 26.2 Å². The largest absolute Gasteiger partial charge is 0.455 e. The summed E-state index contributed by atoms with van der Waals surface area (Å²) < 4.78 is 11.2. The molecule has 328 valence electrons. The Morgan fingerprint density at radius 2 is 0.686 bits per heavy atom. The van der Waals surface area contributed by atoms with Crippen molar-refractivity contribution >= 4 is 82.6 Å². The van der Waals surface area contributed by atoms with Crippen LogP contribution in [0.25, 0.3) is 110 Å². The number of anilines is 3. The van der Waals surface area contributed by atoms with Crippen molar-refractivity contribution in [2.24, 2.45) is 0 Å². The van der Waals surface area contributed by atoms with Crippen molar-refractivity contribution in [2.45, 2.75) is 0 Å². The quantitative estimate of drug-likeness (QED) is 0.152. The second kappa shape index (κ2) is 16.2. The van der Waals surface area contributed by atoms with E-state index in [2.05, 4.69) is 263 Å². The fourth-order valence-electron chi connectivity index (χ4n) is 10.8. The Labute approximate surface area is 404 Å². The highest BCUT2D eigenvalue weighted by Gasteiger charge is 2.18. The molecule has 4 heteroatoms. The number of furan rings is 1. The van der Waals surface area contributed by atoms with Crippen molar-refractivity contribution in [3.63, 3.8) is 0 Å². The summed E-state index contributed by atoms with van der Waals surface area (Å²) >= 11 is 0. The van der Waals surface area contributed by atoms with Crippen LogP contribution in [-0.2, 0) is 0 Å². The van der Waals surface area contributed by atoms with Gasteiger partial charge in [0, 0.05) is 66.3 Å². The molecule has 4 nitrogen and oxygen atoms in total. The van der Waals surface area contributed by atoms with Gasteiger partial charge in [-0.3, -0.25) is 0 Å². The summed E-state index contributed by atoms with van der Waals surface area (Å²) in [6.45, 7) is 0. The average molecular weight is 894 g/mol. The van der Waals surface area contributed by atoms with E-state index >= 15 is 0 Å². The standard InChI is InChI=1S/C66H43N3O/c1-2-13-49(14-3-1)68-63-23-10-6-17-57(63)60-43-48(33-42-64(60)68)46-27-25-44(26-28-46)45-29-34-50(35-30-45)67(51-36-31-47(32-37-51)54-19-12-20-59-58-18-7-11-24-65(58)70-66(54)59)52-38-40-53(41-39-52)69-61-21-8-4-15-55(61)56-16-5-9-22-62(56)69/h1-43H. The zero-order valence-corrected chi connectivity index (χ0v) is 38.1. The highest BCUT2D eigenvalue weighted by Crippen LogP contribution is 2.41. The van der Waals surface area contributed by atoms with Crippen LogP contribution in [0.2, 0.25) is 0 Å². The summed E-state index contributed by atoms with van der Waals surface area (Å²) in [6.07, 6.45) is 0. The number of hydrogen-bond acceptors (Lipinski definition) is 2. The second-order valence-corrected chi connectivity index (χ2v) is 18.1. The Kier molecular flexibility index (Phi) is 9.17. The molecule has 0 aliphatic heterocycles. The first-order chi connectivity index (χ1) is 34.7. The lowest BCUT2D eigenvalue weighted by atomic mass is 9.98. The van der Waals surface area contributed by atoms with Gasteiger partial charge in [0.25, 0.3) is 0 Å². The molecule has 0 N–H and O–H groups in total. The molecule has 70 heavy (non-hydrogen) atoms. The second-order valence-electron chi connectivity index (χ2n) is 18.1. The van der Waals surface area contributed by atoms with Crippen molar-refractivity contribution in [2.75, 3.05) is 4.90 Å². The molecule has 0 spiro atoms. The van der Waals surface area contributed by atoms with E-state index in [0.29, 0.717) is 0 Å². The molecule has 0 saturated carbocycles. The molecule has 0 atom stereocenters. The van der Waals surface area contributed by atoms with Crippen LogP contribution in [0, 0.1) is 0 Å². The number of benzene rings is 11.